The minimum Gasteiger partial charge on any atom is -0.331 e. The second-order valence-electron chi connectivity index (χ2n) is 11.1. The summed E-state index contributed by atoms with van der Waals surface area (Å²) in [6.45, 7) is 2.83. The van der Waals surface area contributed by atoms with E-state index in [9.17, 15) is 4.79 Å². The molecule has 3 unspecified atom stereocenters. The average molecular weight is 601 g/mol. The number of likely N-dealkylation sites (tertiary alicyclic amines) is 1. The van der Waals surface area contributed by atoms with Crippen LogP contribution in [0.2, 0.25) is 0 Å². The lowest BCUT2D eigenvalue weighted by Gasteiger charge is -2.30. The number of hydrogen-bond acceptors (Lipinski definition) is 1. The first-order chi connectivity index (χ1) is 21.2. The maximum Gasteiger partial charge on any atom is 0.318 e. The van der Waals surface area contributed by atoms with Crippen molar-refractivity contribution in [2.24, 2.45) is 0 Å². The van der Waals surface area contributed by atoms with E-state index in [1.54, 1.807) is 0 Å². The molecular weight excluding hydrogens is 562 g/mol. The molecule has 5 aromatic carbocycles. The zero-order valence-corrected chi connectivity index (χ0v) is 26.3. The molecule has 2 amide bonds. The SMILES string of the molecule is CC(NC(=O)N1CC(P(c2ccccc2)c2ccccc2)CC1CP(c1ccccc1)c1ccccc1)c1ccccc1. The van der Waals surface area contributed by atoms with Crippen LogP contribution in [0.5, 0.6) is 0 Å². The Kier molecular flexibility index (Phi) is 9.63. The highest BCUT2D eigenvalue weighted by atomic mass is 31.1. The number of nitrogens with zero attached hydrogens (tertiary/aromatic N) is 1. The van der Waals surface area contributed by atoms with Crippen molar-refractivity contribution < 1.29 is 4.79 Å². The number of hydrogen-bond donors (Lipinski definition) is 1. The molecule has 3 nitrogen and oxygen atoms in total. The summed E-state index contributed by atoms with van der Waals surface area (Å²) in [5, 5.41) is 8.83. The van der Waals surface area contributed by atoms with Crippen LogP contribution in [0.4, 0.5) is 4.79 Å². The Hall–Kier alpha value is -3.77. The topological polar surface area (TPSA) is 32.3 Å². The minimum atomic E-state index is -0.642. The molecule has 0 radical (unpaired) electrons. The Balaban J connectivity index is 1.35. The summed E-state index contributed by atoms with van der Waals surface area (Å²) in [4.78, 5) is 16.3. The van der Waals surface area contributed by atoms with Gasteiger partial charge in [-0.05, 0) is 62.1 Å². The molecule has 0 saturated carbocycles. The number of carbonyl (C=O) groups is 1. The van der Waals surface area contributed by atoms with Gasteiger partial charge < -0.3 is 10.2 Å². The Bertz CT molecular complexity index is 1490. The largest absolute Gasteiger partial charge is 0.331 e. The van der Waals surface area contributed by atoms with Gasteiger partial charge in [0, 0.05) is 18.2 Å². The van der Waals surface area contributed by atoms with Crippen molar-refractivity contribution in [2.75, 3.05) is 12.7 Å². The van der Waals surface area contributed by atoms with E-state index in [4.69, 9.17) is 0 Å². The Morgan fingerprint density at radius 3 is 1.56 bits per heavy atom. The summed E-state index contributed by atoms with van der Waals surface area (Å²) in [5.74, 6) is 0. The predicted molar refractivity (Wildman–Crippen MR) is 185 cm³/mol. The highest BCUT2D eigenvalue weighted by Gasteiger charge is 2.41. The Morgan fingerprint density at radius 1 is 0.674 bits per heavy atom. The normalized spacial score (nSPS) is 17.2. The number of rotatable bonds is 9. The molecule has 3 atom stereocenters. The third-order valence-electron chi connectivity index (χ3n) is 8.26. The molecule has 0 aromatic heterocycles. The molecule has 1 aliphatic rings. The monoisotopic (exact) mass is 600 g/mol. The fraction of sp³-hybridized carbons (Fsp3) is 0.184. The number of urea groups is 1. The highest BCUT2D eigenvalue weighted by molar-refractivity contribution is 7.74. The molecule has 1 heterocycles. The maximum atomic E-state index is 14.2. The summed E-state index contributed by atoms with van der Waals surface area (Å²) in [7, 11) is -1.28. The molecule has 5 heteroatoms. The minimum absolute atomic E-state index is 0.0380. The van der Waals surface area contributed by atoms with E-state index in [0.717, 1.165) is 24.7 Å². The zero-order chi connectivity index (χ0) is 29.4. The van der Waals surface area contributed by atoms with Gasteiger partial charge in [-0.3, -0.25) is 0 Å². The van der Waals surface area contributed by atoms with Crippen LogP contribution in [0.3, 0.4) is 0 Å². The van der Waals surface area contributed by atoms with Gasteiger partial charge >= 0.3 is 6.03 Å². The van der Waals surface area contributed by atoms with Crippen LogP contribution in [0, 0.1) is 0 Å². The van der Waals surface area contributed by atoms with Gasteiger partial charge in [0.25, 0.3) is 0 Å². The molecule has 6 rings (SSSR count). The molecule has 1 fully saturated rings. The second kappa shape index (κ2) is 14.1. The summed E-state index contributed by atoms with van der Waals surface area (Å²) in [5.41, 5.74) is 1.49. The number of nitrogens with one attached hydrogen (secondary N) is 1. The first kappa shape index (κ1) is 29.3. The number of benzene rings is 5. The summed E-state index contributed by atoms with van der Waals surface area (Å²) < 4.78 is 0. The third-order valence-corrected chi connectivity index (χ3v) is 13.7. The molecule has 0 aliphatic carbocycles. The van der Waals surface area contributed by atoms with E-state index in [1.165, 1.54) is 21.2 Å². The van der Waals surface area contributed by atoms with Gasteiger partial charge in [0.1, 0.15) is 0 Å². The fourth-order valence-corrected chi connectivity index (χ4v) is 11.6. The third kappa shape index (κ3) is 7.07. The maximum absolute atomic E-state index is 14.2. The van der Waals surface area contributed by atoms with Crippen LogP contribution in [0.15, 0.2) is 152 Å². The van der Waals surface area contributed by atoms with E-state index in [-0.39, 0.29) is 18.1 Å². The molecule has 216 valence electrons. The van der Waals surface area contributed by atoms with Crippen LogP contribution in [0.1, 0.15) is 24.9 Å². The summed E-state index contributed by atoms with van der Waals surface area (Å²) in [6.07, 6.45) is 1.93. The molecule has 1 aliphatic heterocycles. The van der Waals surface area contributed by atoms with Gasteiger partial charge in [-0.1, -0.05) is 152 Å². The molecule has 1 N–H and O–H groups in total. The van der Waals surface area contributed by atoms with Gasteiger partial charge in [0.05, 0.1) is 6.04 Å². The zero-order valence-electron chi connectivity index (χ0n) is 24.5. The lowest BCUT2D eigenvalue weighted by atomic mass is 10.1. The molecular formula is C38H38N2OP2. The smallest absolute Gasteiger partial charge is 0.318 e. The van der Waals surface area contributed by atoms with Gasteiger partial charge in [-0.15, -0.1) is 0 Å². The van der Waals surface area contributed by atoms with Crippen molar-refractivity contribution in [1.29, 1.82) is 0 Å². The van der Waals surface area contributed by atoms with Crippen LogP contribution in [-0.2, 0) is 0 Å². The lowest BCUT2D eigenvalue weighted by molar-refractivity contribution is 0.193. The van der Waals surface area contributed by atoms with Gasteiger partial charge in [-0.25, -0.2) is 4.79 Å². The first-order valence-corrected chi connectivity index (χ1v) is 18.0. The number of amides is 2. The lowest BCUT2D eigenvalue weighted by Crippen LogP contribution is -2.45. The van der Waals surface area contributed by atoms with Crippen LogP contribution in [0.25, 0.3) is 0 Å². The molecule has 43 heavy (non-hydrogen) atoms. The number of carbonyl (C=O) groups excluding carboxylic acids is 1. The quantitative estimate of drug-likeness (QED) is 0.179. The fourth-order valence-electron chi connectivity index (χ4n) is 6.13. The van der Waals surface area contributed by atoms with Gasteiger partial charge in [0.15, 0.2) is 0 Å². The van der Waals surface area contributed by atoms with Crippen molar-refractivity contribution in [3.05, 3.63) is 157 Å². The van der Waals surface area contributed by atoms with Crippen molar-refractivity contribution in [3.8, 4) is 0 Å². The highest BCUT2D eigenvalue weighted by Crippen LogP contribution is 2.48. The molecule has 0 spiro atoms. The van der Waals surface area contributed by atoms with Gasteiger partial charge in [0.2, 0.25) is 0 Å². The molecule has 1 saturated heterocycles. The first-order valence-electron chi connectivity index (χ1n) is 15.1. The van der Waals surface area contributed by atoms with Crippen molar-refractivity contribution in [3.63, 3.8) is 0 Å². The van der Waals surface area contributed by atoms with E-state index >= 15 is 0 Å². The van der Waals surface area contributed by atoms with Crippen LogP contribution >= 0.6 is 15.8 Å². The van der Waals surface area contributed by atoms with E-state index in [0.29, 0.717) is 5.66 Å². The van der Waals surface area contributed by atoms with E-state index in [2.05, 4.69) is 151 Å². The van der Waals surface area contributed by atoms with E-state index in [1.807, 2.05) is 18.2 Å². The van der Waals surface area contributed by atoms with Crippen molar-refractivity contribution in [2.45, 2.75) is 31.1 Å². The van der Waals surface area contributed by atoms with Crippen molar-refractivity contribution in [1.82, 2.24) is 10.2 Å². The molecule has 5 aromatic rings. The Labute approximate surface area is 258 Å². The average Bonchev–Trinajstić information content (AvgIpc) is 3.49. The second-order valence-corrected chi connectivity index (χ2v) is 15.9. The Morgan fingerprint density at radius 2 is 1.09 bits per heavy atom. The van der Waals surface area contributed by atoms with E-state index < -0.39 is 15.8 Å². The van der Waals surface area contributed by atoms with Gasteiger partial charge in [-0.2, -0.15) is 0 Å². The standard InChI is InChI=1S/C38H38N2OP2/c1-30(31-17-7-2-8-18-31)39-38(41)40-28-37(43(35-23-13-5-14-24-35)36-25-15-6-16-26-36)27-32(40)29-42(33-19-9-3-10-20-33)34-21-11-4-12-22-34/h2-26,30,32,37H,27-29H2,1H3,(H,39,41). The molecule has 0 bridgehead atoms. The summed E-state index contributed by atoms with van der Waals surface area (Å²) in [6, 6.07) is 54.0. The van der Waals surface area contributed by atoms with Crippen molar-refractivity contribution >= 4 is 43.1 Å². The van der Waals surface area contributed by atoms with Crippen LogP contribution < -0.4 is 26.5 Å². The predicted octanol–water partition coefficient (Wildman–Crippen LogP) is 7.17. The summed E-state index contributed by atoms with van der Waals surface area (Å²) >= 11 is 0. The van der Waals surface area contributed by atoms with Crippen LogP contribution in [-0.4, -0.2) is 35.3 Å².